The fraction of sp³-hybridized carbons (Fsp3) is 0.333. The molecule has 0 saturated heterocycles. The van der Waals surface area contributed by atoms with Crippen molar-refractivity contribution in [2.24, 2.45) is 0 Å². The molecular weight excluding hydrogens is 272 g/mol. The first-order valence-corrected chi connectivity index (χ1v) is 4.93. The van der Waals surface area contributed by atoms with Gasteiger partial charge in [0.05, 0.1) is 0 Å². The molecule has 1 aromatic heterocycles. The lowest BCUT2D eigenvalue weighted by atomic mass is 9.97. The van der Waals surface area contributed by atoms with Crippen LogP contribution in [0, 0.1) is 0 Å². The van der Waals surface area contributed by atoms with Crippen molar-refractivity contribution in [1.29, 1.82) is 0 Å². The molecule has 0 aromatic carbocycles. The normalized spacial score (nSPS) is 27.4. The molecule has 1 N–H and O–H groups in total. The van der Waals surface area contributed by atoms with Crippen LogP contribution >= 0.6 is 15.9 Å². The number of carboxylic acids is 1. The fourth-order valence-electron chi connectivity index (χ4n) is 1.63. The van der Waals surface area contributed by atoms with Gasteiger partial charge >= 0.3 is 5.97 Å². The quantitative estimate of drug-likeness (QED) is 0.844. The Labute approximate surface area is 92.3 Å². The number of rotatable bonds is 2. The minimum absolute atomic E-state index is 0.0301. The first kappa shape index (κ1) is 10.5. The van der Waals surface area contributed by atoms with Crippen LogP contribution < -0.4 is 0 Å². The molecule has 15 heavy (non-hydrogen) atoms. The predicted molar refractivity (Wildman–Crippen MR) is 50.8 cm³/mol. The predicted octanol–water partition coefficient (Wildman–Crippen LogP) is 2.21. The summed E-state index contributed by atoms with van der Waals surface area (Å²) in [7, 11) is 0. The molecule has 0 radical (unpaired) electrons. The third-order valence-electron chi connectivity index (χ3n) is 2.57. The molecule has 3 nitrogen and oxygen atoms in total. The van der Waals surface area contributed by atoms with Crippen molar-refractivity contribution in [3.63, 3.8) is 0 Å². The molecule has 0 spiro atoms. The zero-order valence-electron chi connectivity index (χ0n) is 7.38. The topological polar surface area (TPSA) is 50.2 Å². The number of carboxylic acid groups (broad SMARTS) is 1. The van der Waals surface area contributed by atoms with Crippen LogP contribution in [0.15, 0.2) is 22.9 Å². The summed E-state index contributed by atoms with van der Waals surface area (Å²) in [5, 5.41) is 8.89. The average molecular weight is 278 g/mol. The Kier molecular flexibility index (Phi) is 2.08. The van der Waals surface area contributed by atoms with Gasteiger partial charge in [0, 0.05) is 18.2 Å². The highest BCUT2D eigenvalue weighted by Gasteiger charge is 2.78. The minimum Gasteiger partial charge on any atom is -0.480 e. The third kappa shape index (κ3) is 1.27. The van der Waals surface area contributed by atoms with Gasteiger partial charge in [0.1, 0.15) is 4.60 Å². The molecular formula is C9H6BrF2NO2. The molecule has 1 atom stereocenters. The van der Waals surface area contributed by atoms with E-state index in [1.807, 2.05) is 0 Å². The van der Waals surface area contributed by atoms with Gasteiger partial charge in [0.15, 0.2) is 5.41 Å². The van der Waals surface area contributed by atoms with E-state index in [9.17, 15) is 13.6 Å². The monoisotopic (exact) mass is 277 g/mol. The Morgan fingerprint density at radius 3 is 2.60 bits per heavy atom. The average Bonchev–Trinajstić information content (AvgIpc) is 2.71. The lowest BCUT2D eigenvalue weighted by Crippen LogP contribution is -2.27. The van der Waals surface area contributed by atoms with E-state index >= 15 is 0 Å². The highest BCUT2D eigenvalue weighted by molar-refractivity contribution is 9.10. The number of pyridine rings is 1. The lowest BCUT2D eigenvalue weighted by molar-refractivity contribution is -0.143. The standard InChI is InChI=1S/C9H6BrF2NO2/c10-6-5(2-1-3-13-6)8(7(14)15)4-9(8,11)12/h1-3H,4H2,(H,14,15). The fourth-order valence-corrected chi connectivity index (χ4v) is 2.22. The molecule has 1 heterocycles. The molecule has 2 rings (SSSR count). The maximum atomic E-state index is 13.1. The van der Waals surface area contributed by atoms with Crippen LogP contribution in [-0.4, -0.2) is 22.0 Å². The molecule has 1 aliphatic carbocycles. The van der Waals surface area contributed by atoms with Crippen LogP contribution in [-0.2, 0) is 10.2 Å². The van der Waals surface area contributed by atoms with E-state index in [1.54, 1.807) is 0 Å². The molecule has 0 amide bonds. The zero-order chi connectivity index (χ0) is 11.3. The molecule has 1 fully saturated rings. The highest BCUT2D eigenvalue weighted by atomic mass is 79.9. The molecule has 1 saturated carbocycles. The van der Waals surface area contributed by atoms with Gasteiger partial charge in [-0.1, -0.05) is 6.07 Å². The van der Waals surface area contributed by atoms with Crippen molar-refractivity contribution < 1.29 is 18.7 Å². The third-order valence-corrected chi connectivity index (χ3v) is 3.20. The van der Waals surface area contributed by atoms with E-state index in [0.717, 1.165) is 0 Å². The second kappa shape index (κ2) is 2.98. The van der Waals surface area contributed by atoms with Gasteiger partial charge < -0.3 is 5.11 Å². The number of aromatic nitrogens is 1. The Bertz CT molecular complexity index is 438. The molecule has 1 unspecified atom stereocenters. The molecule has 0 bridgehead atoms. The van der Waals surface area contributed by atoms with E-state index in [4.69, 9.17) is 5.11 Å². The summed E-state index contributed by atoms with van der Waals surface area (Å²) in [6.07, 6.45) is 0.739. The van der Waals surface area contributed by atoms with Crippen molar-refractivity contribution in [2.75, 3.05) is 0 Å². The van der Waals surface area contributed by atoms with Gasteiger partial charge in [-0.3, -0.25) is 4.79 Å². The minimum atomic E-state index is -3.19. The van der Waals surface area contributed by atoms with Gasteiger partial charge in [-0.05, 0) is 22.0 Å². The molecule has 80 valence electrons. The Hall–Kier alpha value is -1.04. The summed E-state index contributed by atoms with van der Waals surface area (Å²) < 4.78 is 26.4. The summed E-state index contributed by atoms with van der Waals surface area (Å²) >= 11 is 2.98. The number of aliphatic carboxylic acids is 1. The van der Waals surface area contributed by atoms with Crippen molar-refractivity contribution in [3.8, 4) is 0 Å². The summed E-state index contributed by atoms with van der Waals surface area (Å²) in [6.45, 7) is 0. The number of alkyl halides is 2. The van der Waals surface area contributed by atoms with Crippen LogP contribution in [0.4, 0.5) is 8.78 Å². The second-order valence-corrected chi connectivity index (χ2v) is 4.18. The highest BCUT2D eigenvalue weighted by Crippen LogP contribution is 2.62. The van der Waals surface area contributed by atoms with Crippen molar-refractivity contribution in [3.05, 3.63) is 28.5 Å². The molecule has 6 heteroatoms. The van der Waals surface area contributed by atoms with Crippen molar-refractivity contribution in [2.45, 2.75) is 17.8 Å². The molecule has 1 aliphatic rings. The van der Waals surface area contributed by atoms with Crippen molar-refractivity contribution >= 4 is 21.9 Å². The van der Waals surface area contributed by atoms with Crippen LogP contribution in [0.5, 0.6) is 0 Å². The van der Waals surface area contributed by atoms with Gasteiger partial charge in [0.25, 0.3) is 5.92 Å². The van der Waals surface area contributed by atoms with E-state index in [2.05, 4.69) is 20.9 Å². The molecule has 0 aliphatic heterocycles. The summed E-state index contributed by atoms with van der Waals surface area (Å²) in [5.41, 5.74) is -2.07. The van der Waals surface area contributed by atoms with E-state index in [1.165, 1.54) is 18.3 Å². The summed E-state index contributed by atoms with van der Waals surface area (Å²) in [5.74, 6) is -4.70. The first-order valence-electron chi connectivity index (χ1n) is 4.14. The van der Waals surface area contributed by atoms with Gasteiger partial charge in [0.2, 0.25) is 0 Å². The van der Waals surface area contributed by atoms with Crippen LogP contribution in [0.3, 0.4) is 0 Å². The maximum absolute atomic E-state index is 13.1. The van der Waals surface area contributed by atoms with Gasteiger partial charge in [-0.2, -0.15) is 0 Å². The van der Waals surface area contributed by atoms with E-state index < -0.39 is 23.7 Å². The van der Waals surface area contributed by atoms with Gasteiger partial charge in [-0.15, -0.1) is 0 Å². The smallest absolute Gasteiger partial charge is 0.320 e. The van der Waals surface area contributed by atoms with Crippen LogP contribution in [0.25, 0.3) is 0 Å². The van der Waals surface area contributed by atoms with Crippen molar-refractivity contribution in [1.82, 2.24) is 4.98 Å². The maximum Gasteiger partial charge on any atom is 0.320 e. The Balaban J connectivity index is 2.55. The van der Waals surface area contributed by atoms with E-state index in [0.29, 0.717) is 0 Å². The summed E-state index contributed by atoms with van der Waals surface area (Å²) in [4.78, 5) is 14.7. The Morgan fingerprint density at radius 1 is 1.60 bits per heavy atom. The number of nitrogens with zero attached hydrogens (tertiary/aromatic N) is 1. The second-order valence-electron chi connectivity index (χ2n) is 3.43. The van der Waals surface area contributed by atoms with Gasteiger partial charge in [-0.25, -0.2) is 13.8 Å². The van der Waals surface area contributed by atoms with Crippen LogP contribution in [0.2, 0.25) is 0 Å². The zero-order valence-corrected chi connectivity index (χ0v) is 8.96. The van der Waals surface area contributed by atoms with E-state index in [-0.39, 0.29) is 10.2 Å². The SMILES string of the molecule is O=C(O)C1(c2cccnc2Br)CC1(F)F. The summed E-state index contributed by atoms with van der Waals surface area (Å²) in [6, 6.07) is 2.80. The lowest BCUT2D eigenvalue weighted by Gasteiger charge is -2.12. The molecule has 1 aromatic rings. The number of hydrogen-bond donors (Lipinski definition) is 1. The number of hydrogen-bond acceptors (Lipinski definition) is 2. The number of halogens is 3. The largest absolute Gasteiger partial charge is 0.480 e. The number of carbonyl (C=O) groups is 1. The first-order chi connectivity index (χ1) is 6.92. The van der Waals surface area contributed by atoms with Crippen LogP contribution in [0.1, 0.15) is 12.0 Å². The Morgan fingerprint density at radius 2 is 2.20 bits per heavy atom.